The summed E-state index contributed by atoms with van der Waals surface area (Å²) >= 11 is 3.49. The predicted molar refractivity (Wildman–Crippen MR) is 111 cm³/mol. The Morgan fingerprint density at radius 2 is 1.89 bits per heavy atom. The molecule has 140 valence electrons. The Labute approximate surface area is 166 Å². The van der Waals surface area contributed by atoms with E-state index in [1.54, 1.807) is 0 Å². The molecule has 0 bridgehead atoms. The highest BCUT2D eigenvalue weighted by molar-refractivity contribution is 9.10. The van der Waals surface area contributed by atoms with E-state index in [2.05, 4.69) is 31.2 Å². The summed E-state index contributed by atoms with van der Waals surface area (Å²) in [6.45, 7) is 2.63. The van der Waals surface area contributed by atoms with E-state index >= 15 is 0 Å². The molecule has 1 aromatic heterocycles. The van der Waals surface area contributed by atoms with E-state index in [1.807, 2.05) is 55.5 Å². The highest BCUT2D eigenvalue weighted by Crippen LogP contribution is 2.33. The van der Waals surface area contributed by atoms with Gasteiger partial charge in [-0.3, -0.25) is 0 Å². The number of aromatic nitrogens is 2. The molecular formula is C20H21BrN4O2. The summed E-state index contributed by atoms with van der Waals surface area (Å²) in [7, 11) is 0. The second-order valence-electron chi connectivity index (χ2n) is 5.87. The largest absolute Gasteiger partial charge is 0.493 e. The van der Waals surface area contributed by atoms with Crippen LogP contribution in [0.15, 0.2) is 53.0 Å². The van der Waals surface area contributed by atoms with Crippen LogP contribution in [0.1, 0.15) is 12.5 Å². The minimum Gasteiger partial charge on any atom is -0.493 e. The van der Waals surface area contributed by atoms with Gasteiger partial charge in [0.25, 0.3) is 0 Å². The molecule has 0 fully saturated rings. The van der Waals surface area contributed by atoms with Gasteiger partial charge in [-0.15, -0.1) is 0 Å². The molecule has 0 saturated heterocycles. The smallest absolute Gasteiger partial charge is 0.222 e. The Morgan fingerprint density at radius 3 is 2.59 bits per heavy atom. The Hall–Kier alpha value is -2.64. The molecule has 1 heterocycles. The molecule has 0 unspecified atom stereocenters. The van der Waals surface area contributed by atoms with Crippen molar-refractivity contribution >= 4 is 33.4 Å². The van der Waals surface area contributed by atoms with Gasteiger partial charge in [0.15, 0.2) is 0 Å². The van der Waals surface area contributed by atoms with Crippen molar-refractivity contribution < 1.29 is 9.84 Å². The van der Waals surface area contributed by atoms with E-state index in [4.69, 9.17) is 15.6 Å². The van der Waals surface area contributed by atoms with Crippen molar-refractivity contribution in [1.82, 2.24) is 9.97 Å². The lowest BCUT2D eigenvalue weighted by Gasteiger charge is -2.13. The summed E-state index contributed by atoms with van der Waals surface area (Å²) in [5, 5.41) is 12.3. The number of halogens is 1. The van der Waals surface area contributed by atoms with Crippen LogP contribution in [-0.2, 0) is 6.42 Å². The molecule has 3 aromatic rings. The number of ether oxygens (including phenoxy) is 1. The number of nitrogens with one attached hydrogen (secondary N) is 1. The zero-order chi connectivity index (χ0) is 19.2. The highest BCUT2D eigenvalue weighted by Gasteiger charge is 2.12. The van der Waals surface area contributed by atoms with Crippen LogP contribution in [0.4, 0.5) is 17.5 Å². The normalized spacial score (nSPS) is 10.6. The van der Waals surface area contributed by atoms with Crippen LogP contribution in [-0.4, -0.2) is 28.3 Å². The summed E-state index contributed by atoms with van der Waals surface area (Å²) in [5.74, 6) is 1.50. The first kappa shape index (κ1) is 19.1. The van der Waals surface area contributed by atoms with Gasteiger partial charge in [-0.1, -0.05) is 28.1 Å². The lowest BCUT2D eigenvalue weighted by molar-refractivity contribution is 0.299. The number of rotatable bonds is 7. The van der Waals surface area contributed by atoms with Crippen LogP contribution < -0.4 is 15.8 Å². The number of nitrogens with two attached hydrogens (primary N) is 1. The molecule has 0 aliphatic heterocycles. The fourth-order valence-corrected chi connectivity index (χ4v) is 3.04. The van der Waals surface area contributed by atoms with E-state index in [0.29, 0.717) is 24.5 Å². The molecule has 0 aliphatic carbocycles. The molecule has 0 radical (unpaired) electrons. The molecule has 2 aromatic carbocycles. The highest BCUT2D eigenvalue weighted by atomic mass is 79.9. The predicted octanol–water partition coefficient (Wildman–Crippen LogP) is 4.17. The van der Waals surface area contributed by atoms with E-state index in [1.165, 1.54) is 0 Å². The Balaban J connectivity index is 1.92. The first-order chi connectivity index (χ1) is 13.1. The van der Waals surface area contributed by atoms with Crippen molar-refractivity contribution in [1.29, 1.82) is 0 Å². The van der Waals surface area contributed by atoms with Gasteiger partial charge in [-0.25, -0.2) is 4.98 Å². The van der Waals surface area contributed by atoms with Crippen LogP contribution in [0.3, 0.4) is 0 Å². The standard InChI is InChI=1S/C20H21BrN4O2/c1-2-27-18-8-5-14(21)11-16(18)17-12-19(25-20(22)24-17)23-15-6-3-13(4-7-15)9-10-26/h3-8,11-12,26H,2,9-10H2,1H3,(H3,22,23,24,25). The number of nitrogens with zero attached hydrogens (tertiary/aromatic N) is 2. The third-order valence-electron chi connectivity index (χ3n) is 3.89. The fraction of sp³-hybridized carbons (Fsp3) is 0.200. The Morgan fingerprint density at radius 1 is 1.11 bits per heavy atom. The molecule has 0 saturated carbocycles. The number of anilines is 3. The van der Waals surface area contributed by atoms with Crippen LogP contribution >= 0.6 is 15.9 Å². The summed E-state index contributed by atoms with van der Waals surface area (Å²) in [6.07, 6.45) is 0.633. The maximum atomic E-state index is 9.01. The molecule has 0 spiro atoms. The maximum Gasteiger partial charge on any atom is 0.222 e. The van der Waals surface area contributed by atoms with E-state index in [9.17, 15) is 0 Å². The zero-order valence-electron chi connectivity index (χ0n) is 14.9. The van der Waals surface area contributed by atoms with Gasteiger partial charge in [0.1, 0.15) is 11.6 Å². The zero-order valence-corrected chi connectivity index (χ0v) is 16.5. The van der Waals surface area contributed by atoms with Gasteiger partial charge in [-0.2, -0.15) is 4.98 Å². The molecule has 0 atom stereocenters. The third kappa shape index (κ3) is 4.96. The molecule has 4 N–H and O–H groups in total. The number of aliphatic hydroxyl groups excluding tert-OH is 1. The minimum absolute atomic E-state index is 0.132. The molecule has 7 heteroatoms. The van der Waals surface area contributed by atoms with Gasteiger partial charge in [-0.05, 0) is 49.2 Å². The van der Waals surface area contributed by atoms with Crippen molar-refractivity contribution in [3.05, 3.63) is 58.6 Å². The minimum atomic E-state index is 0.132. The van der Waals surface area contributed by atoms with Gasteiger partial charge in [0.05, 0.1) is 12.3 Å². The number of aliphatic hydroxyl groups is 1. The second-order valence-corrected chi connectivity index (χ2v) is 6.78. The monoisotopic (exact) mass is 428 g/mol. The summed E-state index contributed by atoms with van der Waals surface area (Å²) < 4.78 is 6.64. The molecule has 27 heavy (non-hydrogen) atoms. The van der Waals surface area contributed by atoms with Gasteiger partial charge >= 0.3 is 0 Å². The number of nitrogen functional groups attached to an aromatic ring is 1. The second kappa shape index (κ2) is 8.83. The number of hydrogen-bond acceptors (Lipinski definition) is 6. The molecule has 6 nitrogen and oxygen atoms in total. The number of benzene rings is 2. The molecule has 0 aliphatic rings. The third-order valence-corrected chi connectivity index (χ3v) is 4.38. The SMILES string of the molecule is CCOc1ccc(Br)cc1-c1cc(Nc2ccc(CCO)cc2)nc(N)n1. The lowest BCUT2D eigenvalue weighted by atomic mass is 10.1. The molecule has 3 rings (SSSR count). The van der Waals surface area contributed by atoms with Crippen molar-refractivity contribution in [2.45, 2.75) is 13.3 Å². The quantitative estimate of drug-likeness (QED) is 0.522. The maximum absolute atomic E-state index is 9.01. The van der Waals surface area contributed by atoms with Crippen LogP contribution in [0, 0.1) is 0 Å². The van der Waals surface area contributed by atoms with Crippen LogP contribution in [0.5, 0.6) is 5.75 Å². The van der Waals surface area contributed by atoms with E-state index in [-0.39, 0.29) is 12.6 Å². The average Bonchev–Trinajstić information content (AvgIpc) is 2.65. The fourth-order valence-electron chi connectivity index (χ4n) is 2.68. The first-order valence-corrected chi connectivity index (χ1v) is 9.42. The summed E-state index contributed by atoms with van der Waals surface area (Å²) in [4.78, 5) is 8.64. The van der Waals surface area contributed by atoms with Gasteiger partial charge in [0, 0.05) is 28.4 Å². The van der Waals surface area contributed by atoms with Crippen molar-refractivity contribution in [2.75, 3.05) is 24.3 Å². The first-order valence-electron chi connectivity index (χ1n) is 8.63. The summed E-state index contributed by atoms with van der Waals surface area (Å²) in [6, 6.07) is 15.4. The van der Waals surface area contributed by atoms with E-state index in [0.717, 1.165) is 27.0 Å². The lowest BCUT2D eigenvalue weighted by Crippen LogP contribution is -2.03. The number of hydrogen-bond donors (Lipinski definition) is 3. The van der Waals surface area contributed by atoms with Gasteiger partial charge < -0.3 is 20.9 Å². The molecule has 0 amide bonds. The Kier molecular flexibility index (Phi) is 6.26. The topological polar surface area (TPSA) is 93.3 Å². The van der Waals surface area contributed by atoms with E-state index < -0.39 is 0 Å². The Bertz CT molecular complexity index is 916. The van der Waals surface area contributed by atoms with Crippen LogP contribution in [0.25, 0.3) is 11.3 Å². The van der Waals surface area contributed by atoms with Crippen LogP contribution in [0.2, 0.25) is 0 Å². The average molecular weight is 429 g/mol. The molecular weight excluding hydrogens is 408 g/mol. The van der Waals surface area contributed by atoms with Crippen molar-refractivity contribution in [3.8, 4) is 17.0 Å². The summed E-state index contributed by atoms with van der Waals surface area (Å²) in [5.41, 5.74) is 9.39. The van der Waals surface area contributed by atoms with Crippen molar-refractivity contribution in [3.63, 3.8) is 0 Å². The van der Waals surface area contributed by atoms with Crippen molar-refractivity contribution in [2.24, 2.45) is 0 Å². The van der Waals surface area contributed by atoms with Gasteiger partial charge in [0.2, 0.25) is 5.95 Å².